The van der Waals surface area contributed by atoms with E-state index >= 15 is 0 Å². The minimum absolute atomic E-state index is 0.118. The van der Waals surface area contributed by atoms with Crippen LogP contribution >= 0.6 is 0 Å². The number of rotatable bonds is 8. The van der Waals surface area contributed by atoms with E-state index in [-0.39, 0.29) is 23.8 Å². The minimum Gasteiger partial charge on any atom is -0.444 e. The standard InChI is InChI=1S/C22H37N3O4/c1-21(2,3)29-20(28)25-14-19(27)24-6-4-5-23-18(26)13-22-10-15-7-16(11-22)9-17(8-15)12-22/h15-17H,4-14H2,1-3H3,(H,23,26)(H,24,27)(H,25,28). The van der Waals surface area contributed by atoms with Crippen molar-refractivity contribution in [2.45, 2.75) is 77.7 Å². The zero-order chi connectivity index (χ0) is 21.1. The van der Waals surface area contributed by atoms with Gasteiger partial charge in [0.05, 0.1) is 6.54 Å². The summed E-state index contributed by atoms with van der Waals surface area (Å²) in [5.74, 6) is 2.47. The molecule has 7 heteroatoms. The molecule has 4 bridgehead atoms. The van der Waals surface area contributed by atoms with E-state index in [1.165, 1.54) is 38.5 Å². The molecule has 0 spiro atoms. The molecule has 0 aliphatic heterocycles. The summed E-state index contributed by atoms with van der Waals surface area (Å²) in [5, 5.41) is 8.20. The molecule has 0 unspecified atom stereocenters. The number of carbonyl (C=O) groups excluding carboxylic acids is 3. The van der Waals surface area contributed by atoms with Gasteiger partial charge in [-0.1, -0.05) is 0 Å². The summed E-state index contributed by atoms with van der Waals surface area (Å²) in [7, 11) is 0. The van der Waals surface area contributed by atoms with Crippen molar-refractivity contribution in [3.8, 4) is 0 Å². The van der Waals surface area contributed by atoms with Crippen molar-refractivity contribution in [2.24, 2.45) is 23.2 Å². The number of nitrogens with one attached hydrogen (secondary N) is 3. The number of hydrogen-bond acceptors (Lipinski definition) is 4. The zero-order valence-electron chi connectivity index (χ0n) is 18.1. The van der Waals surface area contributed by atoms with Crippen molar-refractivity contribution in [3.05, 3.63) is 0 Å². The van der Waals surface area contributed by atoms with E-state index in [1.54, 1.807) is 20.8 Å². The molecule has 4 aliphatic carbocycles. The molecule has 4 rings (SSSR count). The smallest absolute Gasteiger partial charge is 0.408 e. The first-order chi connectivity index (χ1) is 13.6. The number of hydrogen-bond donors (Lipinski definition) is 3. The monoisotopic (exact) mass is 407 g/mol. The second-order valence-electron chi connectivity index (χ2n) is 10.5. The van der Waals surface area contributed by atoms with Gasteiger partial charge in [0.25, 0.3) is 0 Å². The Morgan fingerprint density at radius 3 is 1.90 bits per heavy atom. The maximum Gasteiger partial charge on any atom is 0.408 e. The molecule has 4 saturated carbocycles. The number of ether oxygens (including phenoxy) is 1. The fraction of sp³-hybridized carbons (Fsp3) is 0.864. The Bertz CT molecular complexity index is 591. The average Bonchev–Trinajstić information content (AvgIpc) is 2.56. The molecule has 4 aliphatic rings. The third-order valence-corrected chi connectivity index (χ3v) is 6.49. The molecule has 3 N–H and O–H groups in total. The lowest BCUT2D eigenvalue weighted by molar-refractivity contribution is -0.129. The fourth-order valence-electron chi connectivity index (χ4n) is 5.98. The molecule has 0 aromatic rings. The molecule has 0 radical (unpaired) electrons. The van der Waals surface area contributed by atoms with Crippen LogP contribution in [0, 0.1) is 23.2 Å². The van der Waals surface area contributed by atoms with E-state index in [9.17, 15) is 14.4 Å². The van der Waals surface area contributed by atoms with Gasteiger partial charge in [0.2, 0.25) is 11.8 Å². The van der Waals surface area contributed by atoms with E-state index < -0.39 is 11.7 Å². The van der Waals surface area contributed by atoms with Crippen LogP contribution < -0.4 is 16.0 Å². The highest BCUT2D eigenvalue weighted by molar-refractivity contribution is 5.82. The lowest BCUT2D eigenvalue weighted by Crippen LogP contribution is -2.48. The molecule has 29 heavy (non-hydrogen) atoms. The van der Waals surface area contributed by atoms with Crippen LogP contribution in [0.25, 0.3) is 0 Å². The molecule has 0 aromatic heterocycles. The quantitative estimate of drug-likeness (QED) is 0.539. The second-order valence-corrected chi connectivity index (χ2v) is 10.5. The largest absolute Gasteiger partial charge is 0.444 e. The number of alkyl carbamates (subject to hydrolysis) is 1. The predicted octanol–water partition coefficient (Wildman–Crippen LogP) is 2.74. The Labute approximate surface area is 174 Å². The van der Waals surface area contributed by atoms with Crippen LogP contribution in [0.4, 0.5) is 4.79 Å². The maximum atomic E-state index is 12.5. The van der Waals surface area contributed by atoms with E-state index in [0.717, 1.165) is 17.8 Å². The molecule has 0 aromatic carbocycles. The van der Waals surface area contributed by atoms with Gasteiger partial charge in [-0.25, -0.2) is 4.79 Å². The molecule has 0 atom stereocenters. The molecule has 3 amide bonds. The van der Waals surface area contributed by atoms with Crippen molar-refractivity contribution < 1.29 is 19.1 Å². The highest BCUT2D eigenvalue weighted by Gasteiger charge is 2.51. The molecule has 0 heterocycles. The second kappa shape index (κ2) is 8.92. The van der Waals surface area contributed by atoms with Gasteiger partial charge in [-0.2, -0.15) is 0 Å². The van der Waals surface area contributed by atoms with E-state index in [1.807, 2.05) is 0 Å². The summed E-state index contributed by atoms with van der Waals surface area (Å²) in [6.45, 7) is 6.21. The SMILES string of the molecule is CC(C)(C)OC(=O)NCC(=O)NCCCNC(=O)CC12CC3CC(CC(C3)C1)C2. The van der Waals surface area contributed by atoms with Gasteiger partial charge in [-0.15, -0.1) is 0 Å². The van der Waals surface area contributed by atoms with Crippen LogP contribution in [0.3, 0.4) is 0 Å². The van der Waals surface area contributed by atoms with Crippen LogP contribution in [0.15, 0.2) is 0 Å². The van der Waals surface area contributed by atoms with Gasteiger partial charge in [0.15, 0.2) is 0 Å². The van der Waals surface area contributed by atoms with Crippen LogP contribution in [-0.2, 0) is 14.3 Å². The number of amides is 3. The minimum atomic E-state index is -0.607. The van der Waals surface area contributed by atoms with Gasteiger partial charge < -0.3 is 20.7 Å². The predicted molar refractivity (Wildman–Crippen MR) is 110 cm³/mol. The highest BCUT2D eigenvalue weighted by atomic mass is 16.6. The first-order valence-corrected chi connectivity index (χ1v) is 11.1. The lowest BCUT2D eigenvalue weighted by atomic mass is 9.49. The van der Waals surface area contributed by atoms with E-state index in [2.05, 4.69) is 16.0 Å². The third-order valence-electron chi connectivity index (χ3n) is 6.49. The Hall–Kier alpha value is -1.79. The number of carbonyl (C=O) groups is 3. The van der Waals surface area contributed by atoms with Gasteiger partial charge in [-0.05, 0) is 88.9 Å². The normalized spacial score (nSPS) is 30.0. The van der Waals surface area contributed by atoms with Gasteiger partial charge >= 0.3 is 6.09 Å². The first-order valence-electron chi connectivity index (χ1n) is 11.1. The van der Waals surface area contributed by atoms with Gasteiger partial charge in [0.1, 0.15) is 5.60 Å². The molecular formula is C22H37N3O4. The van der Waals surface area contributed by atoms with Crippen LogP contribution in [0.5, 0.6) is 0 Å². The Morgan fingerprint density at radius 2 is 1.38 bits per heavy atom. The third kappa shape index (κ3) is 6.61. The summed E-state index contributed by atoms with van der Waals surface area (Å²) in [6, 6.07) is 0. The topological polar surface area (TPSA) is 96.5 Å². The van der Waals surface area contributed by atoms with E-state index in [0.29, 0.717) is 25.9 Å². The van der Waals surface area contributed by atoms with Crippen LogP contribution in [0.1, 0.15) is 72.1 Å². The maximum absolute atomic E-state index is 12.5. The molecule has 7 nitrogen and oxygen atoms in total. The van der Waals surface area contributed by atoms with Crippen molar-refractivity contribution >= 4 is 17.9 Å². The molecule has 164 valence electrons. The van der Waals surface area contributed by atoms with Gasteiger partial charge in [-0.3, -0.25) is 9.59 Å². The van der Waals surface area contributed by atoms with Crippen LogP contribution in [0.2, 0.25) is 0 Å². The van der Waals surface area contributed by atoms with Crippen molar-refractivity contribution in [3.63, 3.8) is 0 Å². The summed E-state index contributed by atoms with van der Waals surface area (Å²) in [6.07, 6.45) is 8.64. The highest BCUT2D eigenvalue weighted by Crippen LogP contribution is 2.61. The van der Waals surface area contributed by atoms with Crippen molar-refractivity contribution in [2.75, 3.05) is 19.6 Å². The van der Waals surface area contributed by atoms with E-state index in [4.69, 9.17) is 4.74 Å². The van der Waals surface area contributed by atoms with Crippen LogP contribution in [-0.4, -0.2) is 43.1 Å². The summed E-state index contributed by atoms with van der Waals surface area (Å²) in [4.78, 5) is 35.7. The lowest BCUT2D eigenvalue weighted by Gasteiger charge is -2.56. The Kier molecular flexibility index (Phi) is 6.74. The molecular weight excluding hydrogens is 370 g/mol. The Morgan fingerprint density at radius 1 is 0.862 bits per heavy atom. The van der Waals surface area contributed by atoms with Gasteiger partial charge in [0, 0.05) is 19.5 Å². The fourth-order valence-corrected chi connectivity index (χ4v) is 5.98. The zero-order valence-corrected chi connectivity index (χ0v) is 18.1. The molecule has 0 saturated heterocycles. The van der Waals surface area contributed by atoms with Crippen molar-refractivity contribution in [1.29, 1.82) is 0 Å². The summed E-state index contributed by atoms with van der Waals surface area (Å²) in [5.41, 5.74) is -0.324. The average molecular weight is 408 g/mol. The summed E-state index contributed by atoms with van der Waals surface area (Å²) < 4.78 is 5.08. The Balaban J connectivity index is 1.25. The molecule has 4 fully saturated rings. The first kappa shape index (κ1) is 21.9. The van der Waals surface area contributed by atoms with Crippen molar-refractivity contribution in [1.82, 2.24) is 16.0 Å². The summed E-state index contributed by atoms with van der Waals surface area (Å²) >= 11 is 0.